The van der Waals surface area contributed by atoms with Crippen LogP contribution in [0.25, 0.3) is 20.4 Å². The molecule has 0 N–H and O–H groups in total. The van der Waals surface area contributed by atoms with E-state index in [4.69, 9.17) is 4.98 Å². The van der Waals surface area contributed by atoms with Crippen molar-refractivity contribution in [1.82, 2.24) is 19.8 Å². The van der Waals surface area contributed by atoms with E-state index in [9.17, 15) is 4.79 Å². The molecule has 2 aromatic carbocycles. The first-order valence-corrected chi connectivity index (χ1v) is 12.0. The minimum atomic E-state index is 0.160. The van der Waals surface area contributed by atoms with Crippen molar-refractivity contribution in [3.05, 3.63) is 58.5 Å². The van der Waals surface area contributed by atoms with Crippen molar-refractivity contribution in [1.29, 1.82) is 0 Å². The van der Waals surface area contributed by atoms with Crippen LogP contribution in [0.2, 0.25) is 0 Å². The van der Waals surface area contributed by atoms with Crippen molar-refractivity contribution < 1.29 is 4.79 Å². The number of nitrogens with zero attached hydrogens (tertiary/aromatic N) is 4. The number of carbonyl (C=O) groups is 1. The van der Waals surface area contributed by atoms with Crippen LogP contribution in [0.1, 0.15) is 28.8 Å². The fraction of sp³-hybridized carbons (Fsp3) is 0.348. The van der Waals surface area contributed by atoms with Gasteiger partial charge in [-0.05, 0) is 50.2 Å². The summed E-state index contributed by atoms with van der Waals surface area (Å²) in [5.41, 5.74) is 2.11. The van der Waals surface area contributed by atoms with Crippen LogP contribution >= 0.6 is 22.7 Å². The molecular weight excluding hydrogens is 412 g/mol. The number of carbonyl (C=O) groups excluding carboxylic acids is 1. The topological polar surface area (TPSA) is 49.3 Å². The molecule has 5 nitrogen and oxygen atoms in total. The lowest BCUT2D eigenvalue weighted by atomic mass is 9.97. The second-order valence-electron chi connectivity index (χ2n) is 7.90. The van der Waals surface area contributed by atoms with Crippen molar-refractivity contribution in [3.8, 4) is 0 Å². The minimum absolute atomic E-state index is 0.160. The maximum absolute atomic E-state index is 12.8. The highest BCUT2D eigenvalue weighted by molar-refractivity contribution is 7.18. The molecule has 0 aliphatic carbocycles. The third kappa shape index (κ3) is 4.10. The summed E-state index contributed by atoms with van der Waals surface area (Å²) in [4.78, 5) is 26.3. The number of thiazole rings is 2. The number of para-hydroxylation sites is 2. The molecule has 1 fully saturated rings. The molecule has 30 heavy (non-hydrogen) atoms. The zero-order chi connectivity index (χ0) is 20.5. The van der Waals surface area contributed by atoms with E-state index in [2.05, 4.69) is 34.1 Å². The Morgan fingerprint density at radius 3 is 2.30 bits per heavy atom. The zero-order valence-electron chi connectivity index (χ0n) is 17.0. The van der Waals surface area contributed by atoms with Crippen LogP contribution in [0.3, 0.4) is 0 Å². The molecule has 4 aromatic rings. The third-order valence-corrected chi connectivity index (χ3v) is 7.96. The lowest BCUT2D eigenvalue weighted by molar-refractivity contribution is -0.131. The molecule has 0 bridgehead atoms. The number of aromatic nitrogens is 2. The molecular formula is C23H24N4OS2. The highest BCUT2D eigenvalue weighted by atomic mass is 32.1. The number of amides is 1. The highest BCUT2D eigenvalue weighted by Crippen LogP contribution is 2.33. The fourth-order valence-corrected chi connectivity index (χ4v) is 6.15. The van der Waals surface area contributed by atoms with E-state index in [0.29, 0.717) is 19.0 Å². The Morgan fingerprint density at radius 2 is 1.63 bits per heavy atom. The molecule has 1 amide bonds. The van der Waals surface area contributed by atoms with Gasteiger partial charge in [0.15, 0.2) is 0 Å². The molecule has 0 saturated carbocycles. The van der Waals surface area contributed by atoms with Gasteiger partial charge in [-0.1, -0.05) is 24.3 Å². The van der Waals surface area contributed by atoms with Gasteiger partial charge in [0.05, 0.1) is 38.5 Å². The van der Waals surface area contributed by atoms with Crippen LogP contribution in [-0.4, -0.2) is 52.4 Å². The van der Waals surface area contributed by atoms with Gasteiger partial charge in [0.2, 0.25) is 5.91 Å². The first-order chi connectivity index (χ1) is 14.7. The van der Waals surface area contributed by atoms with E-state index in [-0.39, 0.29) is 5.91 Å². The maximum atomic E-state index is 12.8. The Labute approximate surface area is 184 Å². The van der Waals surface area contributed by atoms with Gasteiger partial charge in [0.1, 0.15) is 5.01 Å². The Hall–Kier alpha value is -2.35. The second kappa shape index (κ2) is 8.41. The molecule has 1 aliphatic heterocycles. The molecule has 0 radical (unpaired) electrons. The zero-order valence-corrected chi connectivity index (χ0v) is 18.6. The van der Waals surface area contributed by atoms with Gasteiger partial charge in [-0.25, -0.2) is 9.97 Å². The summed E-state index contributed by atoms with van der Waals surface area (Å²) in [6.07, 6.45) is 2.13. The Morgan fingerprint density at radius 1 is 1.00 bits per heavy atom. The van der Waals surface area contributed by atoms with Crippen LogP contribution in [0.5, 0.6) is 0 Å². The Kier molecular flexibility index (Phi) is 5.50. The molecule has 2 aromatic heterocycles. The first kappa shape index (κ1) is 19.6. The van der Waals surface area contributed by atoms with E-state index >= 15 is 0 Å². The number of hydrogen-bond acceptors (Lipinski definition) is 6. The number of benzene rings is 2. The number of piperidine rings is 1. The van der Waals surface area contributed by atoms with E-state index in [1.165, 1.54) is 14.4 Å². The maximum Gasteiger partial charge on any atom is 0.236 e. The summed E-state index contributed by atoms with van der Waals surface area (Å²) in [6, 6.07) is 16.5. The molecule has 0 unspecified atom stereocenters. The molecule has 0 spiro atoms. The number of likely N-dealkylation sites (tertiary alicyclic amines) is 1. The normalized spacial score (nSPS) is 15.8. The number of likely N-dealkylation sites (N-methyl/N-ethyl adjacent to an activating group) is 1. The van der Waals surface area contributed by atoms with Crippen LogP contribution in [0.15, 0.2) is 48.5 Å². The van der Waals surface area contributed by atoms with E-state index in [1.54, 1.807) is 16.2 Å². The third-order valence-electron chi connectivity index (χ3n) is 5.74. The molecule has 5 rings (SSSR count). The average molecular weight is 437 g/mol. The molecule has 1 saturated heterocycles. The van der Waals surface area contributed by atoms with Crippen LogP contribution in [0, 0.1) is 0 Å². The highest BCUT2D eigenvalue weighted by Gasteiger charge is 2.25. The quantitative estimate of drug-likeness (QED) is 0.453. The van der Waals surface area contributed by atoms with Crippen LogP contribution < -0.4 is 0 Å². The van der Waals surface area contributed by atoms with Crippen molar-refractivity contribution in [2.75, 3.05) is 26.7 Å². The minimum Gasteiger partial charge on any atom is -0.338 e. The van der Waals surface area contributed by atoms with Crippen molar-refractivity contribution >= 4 is 49.0 Å². The van der Waals surface area contributed by atoms with E-state index in [0.717, 1.165) is 42.0 Å². The van der Waals surface area contributed by atoms with Crippen molar-refractivity contribution in [2.24, 2.45) is 0 Å². The summed E-state index contributed by atoms with van der Waals surface area (Å²) < 4.78 is 2.44. The fourth-order valence-electron chi connectivity index (χ4n) is 3.99. The molecule has 3 heterocycles. The van der Waals surface area contributed by atoms with Crippen LogP contribution in [0.4, 0.5) is 0 Å². The average Bonchev–Trinajstić information content (AvgIpc) is 3.37. The summed E-state index contributed by atoms with van der Waals surface area (Å²) in [7, 11) is 1.88. The first-order valence-electron chi connectivity index (χ1n) is 10.3. The van der Waals surface area contributed by atoms with Gasteiger partial charge in [-0.2, -0.15) is 0 Å². The van der Waals surface area contributed by atoms with Gasteiger partial charge in [-0.15, -0.1) is 22.7 Å². The number of fused-ring (bicyclic) bond motifs is 2. The summed E-state index contributed by atoms with van der Waals surface area (Å²) in [5, 5.41) is 2.23. The summed E-state index contributed by atoms with van der Waals surface area (Å²) >= 11 is 3.48. The predicted octanol–water partition coefficient (Wildman–Crippen LogP) is 4.74. The standard InChI is InChI=1S/C23H24N4OS2/c1-26(14-21-24-17-6-2-4-8-19(17)29-21)22(28)15-27-12-10-16(11-13-27)23-25-18-7-3-5-9-20(18)30-23/h2-9,16H,10-15H2,1H3. The predicted molar refractivity (Wildman–Crippen MR) is 124 cm³/mol. The van der Waals surface area contributed by atoms with Gasteiger partial charge in [0.25, 0.3) is 0 Å². The Bertz CT molecular complexity index is 1110. The van der Waals surface area contributed by atoms with Gasteiger partial charge < -0.3 is 4.90 Å². The largest absolute Gasteiger partial charge is 0.338 e. The number of rotatable bonds is 5. The summed E-state index contributed by atoms with van der Waals surface area (Å²) in [5.74, 6) is 0.668. The lowest BCUT2D eigenvalue weighted by Crippen LogP contribution is -2.41. The molecule has 154 valence electrons. The molecule has 0 atom stereocenters. The van der Waals surface area contributed by atoms with Gasteiger partial charge in [-0.3, -0.25) is 9.69 Å². The van der Waals surface area contributed by atoms with Gasteiger partial charge >= 0.3 is 0 Å². The van der Waals surface area contributed by atoms with Crippen molar-refractivity contribution in [2.45, 2.75) is 25.3 Å². The van der Waals surface area contributed by atoms with Crippen LogP contribution in [-0.2, 0) is 11.3 Å². The van der Waals surface area contributed by atoms with Crippen molar-refractivity contribution in [3.63, 3.8) is 0 Å². The Balaban J connectivity index is 1.15. The summed E-state index contributed by atoms with van der Waals surface area (Å²) in [6.45, 7) is 2.94. The monoisotopic (exact) mass is 436 g/mol. The lowest BCUT2D eigenvalue weighted by Gasteiger charge is -2.31. The smallest absolute Gasteiger partial charge is 0.236 e. The van der Waals surface area contributed by atoms with E-state index < -0.39 is 0 Å². The molecule has 1 aliphatic rings. The SMILES string of the molecule is CN(Cc1nc2ccccc2s1)C(=O)CN1CCC(c2nc3ccccc3s2)CC1. The second-order valence-corrected chi connectivity index (χ2v) is 10.1. The number of hydrogen-bond donors (Lipinski definition) is 0. The van der Waals surface area contributed by atoms with Gasteiger partial charge in [0, 0.05) is 13.0 Å². The van der Waals surface area contributed by atoms with E-state index in [1.807, 2.05) is 42.6 Å². The molecule has 7 heteroatoms.